The lowest BCUT2D eigenvalue weighted by atomic mass is 10.1. The van der Waals surface area contributed by atoms with Crippen LogP contribution in [0.15, 0.2) is 42.5 Å². The fraction of sp³-hybridized carbons (Fsp3) is 0.294. The van der Waals surface area contributed by atoms with E-state index in [1.807, 2.05) is 37.3 Å². The third kappa shape index (κ3) is 3.52. The average Bonchev–Trinajstić information content (AvgIpc) is 2.47. The first-order valence-corrected chi connectivity index (χ1v) is 6.87. The van der Waals surface area contributed by atoms with Crippen LogP contribution in [-0.4, -0.2) is 6.61 Å². The van der Waals surface area contributed by atoms with Gasteiger partial charge < -0.3 is 15.2 Å². The SMILES string of the molecule is CCOc1cc(CN)ccc1OCc1ccccc1C. The van der Waals surface area contributed by atoms with Crippen molar-refractivity contribution in [2.45, 2.75) is 27.0 Å². The summed E-state index contributed by atoms with van der Waals surface area (Å²) in [6, 6.07) is 14.0. The molecule has 0 aliphatic heterocycles. The van der Waals surface area contributed by atoms with Crippen molar-refractivity contribution in [3.63, 3.8) is 0 Å². The molecule has 0 radical (unpaired) electrons. The molecule has 106 valence electrons. The molecule has 2 aromatic rings. The molecule has 0 bridgehead atoms. The molecule has 2 N–H and O–H groups in total. The second-order valence-corrected chi connectivity index (χ2v) is 4.63. The van der Waals surface area contributed by atoms with Gasteiger partial charge in [0.05, 0.1) is 6.61 Å². The maximum atomic E-state index is 5.89. The van der Waals surface area contributed by atoms with Crippen molar-refractivity contribution in [1.82, 2.24) is 0 Å². The zero-order valence-electron chi connectivity index (χ0n) is 12.1. The van der Waals surface area contributed by atoms with Crippen molar-refractivity contribution in [2.75, 3.05) is 6.61 Å². The van der Waals surface area contributed by atoms with Crippen LogP contribution >= 0.6 is 0 Å². The molecule has 0 saturated carbocycles. The molecule has 0 atom stereocenters. The first kappa shape index (κ1) is 14.4. The minimum absolute atomic E-state index is 0.498. The maximum Gasteiger partial charge on any atom is 0.161 e. The Hall–Kier alpha value is -2.00. The zero-order chi connectivity index (χ0) is 14.4. The van der Waals surface area contributed by atoms with Gasteiger partial charge in [0.25, 0.3) is 0 Å². The molecule has 2 aromatic carbocycles. The van der Waals surface area contributed by atoms with E-state index < -0.39 is 0 Å². The molecule has 0 aliphatic rings. The van der Waals surface area contributed by atoms with Gasteiger partial charge in [-0.1, -0.05) is 30.3 Å². The summed E-state index contributed by atoms with van der Waals surface area (Å²) in [5.74, 6) is 1.51. The molecule has 0 fully saturated rings. The van der Waals surface area contributed by atoms with E-state index in [2.05, 4.69) is 19.1 Å². The van der Waals surface area contributed by atoms with Gasteiger partial charge in [-0.05, 0) is 42.7 Å². The summed E-state index contributed by atoms with van der Waals surface area (Å²) in [4.78, 5) is 0. The van der Waals surface area contributed by atoms with Crippen LogP contribution in [0.3, 0.4) is 0 Å². The highest BCUT2D eigenvalue weighted by Crippen LogP contribution is 2.29. The molecule has 0 heterocycles. The zero-order valence-corrected chi connectivity index (χ0v) is 12.1. The molecule has 3 heteroatoms. The molecule has 0 amide bonds. The Morgan fingerprint density at radius 1 is 1.00 bits per heavy atom. The largest absolute Gasteiger partial charge is 0.490 e. The number of aryl methyl sites for hydroxylation is 1. The number of hydrogen-bond acceptors (Lipinski definition) is 3. The topological polar surface area (TPSA) is 44.5 Å². The summed E-state index contributed by atoms with van der Waals surface area (Å²) >= 11 is 0. The van der Waals surface area contributed by atoms with Gasteiger partial charge in [-0.2, -0.15) is 0 Å². The summed E-state index contributed by atoms with van der Waals surface area (Å²) in [6.07, 6.45) is 0. The van der Waals surface area contributed by atoms with Crippen LogP contribution in [-0.2, 0) is 13.2 Å². The summed E-state index contributed by atoms with van der Waals surface area (Å²) in [7, 11) is 0. The highest BCUT2D eigenvalue weighted by atomic mass is 16.5. The van der Waals surface area contributed by atoms with Crippen LogP contribution in [0.1, 0.15) is 23.6 Å². The van der Waals surface area contributed by atoms with E-state index in [-0.39, 0.29) is 0 Å². The van der Waals surface area contributed by atoms with Crippen LogP contribution in [0.5, 0.6) is 11.5 Å². The number of nitrogens with two attached hydrogens (primary N) is 1. The van der Waals surface area contributed by atoms with E-state index in [1.54, 1.807) is 0 Å². The fourth-order valence-corrected chi connectivity index (χ4v) is 1.99. The highest BCUT2D eigenvalue weighted by Gasteiger charge is 2.07. The third-order valence-electron chi connectivity index (χ3n) is 3.19. The van der Waals surface area contributed by atoms with Crippen molar-refractivity contribution in [2.24, 2.45) is 5.73 Å². The Labute approximate surface area is 120 Å². The molecular formula is C17H21NO2. The van der Waals surface area contributed by atoms with Crippen molar-refractivity contribution in [1.29, 1.82) is 0 Å². The summed E-state index contributed by atoms with van der Waals surface area (Å²) in [5, 5.41) is 0. The van der Waals surface area contributed by atoms with Gasteiger partial charge in [-0.25, -0.2) is 0 Å². The van der Waals surface area contributed by atoms with Crippen LogP contribution in [0.25, 0.3) is 0 Å². The monoisotopic (exact) mass is 271 g/mol. The Morgan fingerprint density at radius 2 is 1.80 bits per heavy atom. The summed E-state index contributed by atoms with van der Waals surface area (Å²) in [5.41, 5.74) is 9.10. The van der Waals surface area contributed by atoms with Crippen molar-refractivity contribution < 1.29 is 9.47 Å². The minimum Gasteiger partial charge on any atom is -0.490 e. The van der Waals surface area contributed by atoms with Crippen molar-refractivity contribution in [3.05, 3.63) is 59.2 Å². The van der Waals surface area contributed by atoms with E-state index in [0.717, 1.165) is 17.1 Å². The van der Waals surface area contributed by atoms with Crippen LogP contribution < -0.4 is 15.2 Å². The lowest BCUT2D eigenvalue weighted by Gasteiger charge is -2.14. The van der Waals surface area contributed by atoms with Gasteiger partial charge in [-0.3, -0.25) is 0 Å². The standard InChI is InChI=1S/C17H21NO2/c1-3-19-17-10-14(11-18)8-9-16(17)20-12-15-7-5-4-6-13(15)2/h4-10H,3,11-12,18H2,1-2H3. The first-order chi connectivity index (χ1) is 9.74. The number of benzene rings is 2. The summed E-state index contributed by atoms with van der Waals surface area (Å²) in [6.45, 7) is 5.68. The van der Waals surface area contributed by atoms with Gasteiger partial charge in [0.15, 0.2) is 11.5 Å². The van der Waals surface area contributed by atoms with E-state index in [0.29, 0.717) is 19.8 Å². The minimum atomic E-state index is 0.498. The molecule has 20 heavy (non-hydrogen) atoms. The Kier molecular flexibility index (Phi) is 5.02. The molecule has 0 saturated heterocycles. The van der Waals surface area contributed by atoms with Crippen LogP contribution in [0, 0.1) is 6.92 Å². The maximum absolute atomic E-state index is 5.89. The third-order valence-corrected chi connectivity index (χ3v) is 3.19. The quantitative estimate of drug-likeness (QED) is 0.875. The van der Waals surface area contributed by atoms with Gasteiger partial charge in [-0.15, -0.1) is 0 Å². The van der Waals surface area contributed by atoms with E-state index in [9.17, 15) is 0 Å². The smallest absolute Gasteiger partial charge is 0.161 e. The molecule has 0 spiro atoms. The molecule has 3 nitrogen and oxygen atoms in total. The molecule has 0 aromatic heterocycles. The van der Waals surface area contributed by atoms with Crippen LogP contribution in [0.4, 0.5) is 0 Å². The predicted octanol–water partition coefficient (Wildman–Crippen LogP) is 3.43. The van der Waals surface area contributed by atoms with Gasteiger partial charge in [0.1, 0.15) is 6.61 Å². The molecular weight excluding hydrogens is 250 g/mol. The Balaban J connectivity index is 2.14. The van der Waals surface area contributed by atoms with E-state index >= 15 is 0 Å². The second kappa shape index (κ2) is 6.96. The van der Waals surface area contributed by atoms with Gasteiger partial charge >= 0.3 is 0 Å². The number of rotatable bonds is 6. The predicted molar refractivity (Wildman–Crippen MR) is 81.0 cm³/mol. The van der Waals surface area contributed by atoms with Crippen molar-refractivity contribution in [3.8, 4) is 11.5 Å². The lowest BCUT2D eigenvalue weighted by molar-refractivity contribution is 0.268. The summed E-state index contributed by atoms with van der Waals surface area (Å²) < 4.78 is 11.5. The second-order valence-electron chi connectivity index (χ2n) is 4.63. The van der Waals surface area contributed by atoms with E-state index in [1.165, 1.54) is 11.1 Å². The van der Waals surface area contributed by atoms with Crippen LogP contribution in [0.2, 0.25) is 0 Å². The number of ether oxygens (including phenoxy) is 2. The fourth-order valence-electron chi connectivity index (χ4n) is 1.99. The first-order valence-electron chi connectivity index (χ1n) is 6.87. The highest BCUT2D eigenvalue weighted by molar-refractivity contribution is 5.43. The Bertz CT molecular complexity index is 567. The lowest BCUT2D eigenvalue weighted by Crippen LogP contribution is -2.03. The molecule has 0 unspecified atom stereocenters. The molecule has 2 rings (SSSR count). The molecule has 0 aliphatic carbocycles. The number of hydrogen-bond donors (Lipinski definition) is 1. The average molecular weight is 271 g/mol. The van der Waals surface area contributed by atoms with Gasteiger partial charge in [0, 0.05) is 6.54 Å². The van der Waals surface area contributed by atoms with Gasteiger partial charge in [0.2, 0.25) is 0 Å². The van der Waals surface area contributed by atoms with Crippen molar-refractivity contribution >= 4 is 0 Å². The normalized spacial score (nSPS) is 10.3. The van der Waals surface area contributed by atoms with E-state index in [4.69, 9.17) is 15.2 Å². The Morgan fingerprint density at radius 3 is 2.50 bits per heavy atom.